The molecule has 1 N–H and O–H groups in total. The van der Waals surface area contributed by atoms with Crippen LogP contribution in [0.3, 0.4) is 0 Å². The number of pyridine rings is 1. The predicted molar refractivity (Wildman–Crippen MR) is 188 cm³/mol. The molecule has 1 fully saturated rings. The maximum atomic E-state index is 12.1. The van der Waals surface area contributed by atoms with Gasteiger partial charge in [-0.2, -0.15) is 5.26 Å². The Morgan fingerprint density at radius 2 is 1.71 bits per heavy atom. The van der Waals surface area contributed by atoms with Crippen LogP contribution in [0.15, 0.2) is 65.7 Å². The Bertz CT molecular complexity index is 1790. The van der Waals surface area contributed by atoms with Gasteiger partial charge in [0, 0.05) is 31.9 Å². The number of carbonyl (C=O) groups is 1. The third-order valence-electron chi connectivity index (χ3n) is 8.46. The topological polar surface area (TPSA) is 110 Å². The van der Waals surface area contributed by atoms with E-state index in [0.717, 1.165) is 84.7 Å². The molecular formula is C38H49N7O3. The maximum Gasteiger partial charge on any atom is 0.407 e. The van der Waals surface area contributed by atoms with Gasteiger partial charge in [0.1, 0.15) is 17.0 Å². The van der Waals surface area contributed by atoms with Crippen molar-refractivity contribution >= 4 is 17.1 Å². The number of rotatable bonds is 12. The summed E-state index contributed by atoms with van der Waals surface area (Å²) in [5.41, 5.74) is 6.14. The number of para-hydroxylation sites is 2. The molecule has 4 aromatic rings. The molecule has 0 radical (unpaired) electrons. The molecule has 5 rings (SSSR count). The summed E-state index contributed by atoms with van der Waals surface area (Å²) in [5, 5.41) is 12.2. The summed E-state index contributed by atoms with van der Waals surface area (Å²) < 4.78 is 16.2. The Morgan fingerprint density at radius 1 is 1.02 bits per heavy atom. The first-order valence-corrected chi connectivity index (χ1v) is 17.1. The predicted octanol–water partition coefficient (Wildman–Crippen LogP) is 6.18. The number of nitrogens with zero attached hydrogens (tertiary/aromatic N) is 6. The smallest absolute Gasteiger partial charge is 0.407 e. The lowest BCUT2D eigenvalue weighted by Gasteiger charge is -2.30. The minimum atomic E-state index is -0.512. The summed E-state index contributed by atoms with van der Waals surface area (Å²) in [6.45, 7) is 14.7. The molecule has 0 aliphatic carbocycles. The number of aryl methyl sites for hydroxylation is 1. The number of hydrogen-bond acceptors (Lipinski definition) is 7. The van der Waals surface area contributed by atoms with Gasteiger partial charge in [-0.3, -0.25) is 4.98 Å². The molecule has 10 heteroatoms. The van der Waals surface area contributed by atoms with Crippen molar-refractivity contribution in [2.45, 2.75) is 85.0 Å². The average Bonchev–Trinajstić information content (AvgIpc) is 3.33. The number of alkyl carbamates (subject to hydrolysis) is 1. The number of aromatic nitrogens is 3. The Hall–Kier alpha value is -4.62. The van der Waals surface area contributed by atoms with Gasteiger partial charge in [0.15, 0.2) is 0 Å². The second-order valence-corrected chi connectivity index (χ2v) is 13.5. The van der Waals surface area contributed by atoms with Crippen molar-refractivity contribution < 1.29 is 14.3 Å². The van der Waals surface area contributed by atoms with E-state index in [1.807, 2.05) is 64.1 Å². The Labute approximate surface area is 284 Å². The highest BCUT2D eigenvalue weighted by molar-refractivity contribution is 5.76. The molecule has 254 valence electrons. The number of benzene rings is 2. The van der Waals surface area contributed by atoms with E-state index in [2.05, 4.69) is 56.6 Å². The lowest BCUT2D eigenvalue weighted by atomic mass is 10.1. The van der Waals surface area contributed by atoms with Gasteiger partial charge in [0.05, 0.1) is 48.4 Å². The fraction of sp³-hybridized carbons (Fsp3) is 0.474. The molecule has 1 aliphatic heterocycles. The van der Waals surface area contributed by atoms with E-state index >= 15 is 0 Å². The van der Waals surface area contributed by atoms with E-state index in [9.17, 15) is 10.1 Å². The van der Waals surface area contributed by atoms with Crippen molar-refractivity contribution in [3.63, 3.8) is 0 Å². The molecule has 2 aromatic carbocycles. The van der Waals surface area contributed by atoms with Crippen LogP contribution in [0.2, 0.25) is 0 Å². The molecule has 0 bridgehead atoms. The number of likely N-dealkylation sites (tertiary alicyclic amines) is 1. The van der Waals surface area contributed by atoms with E-state index in [1.54, 1.807) is 0 Å². The van der Waals surface area contributed by atoms with Crippen LogP contribution in [0.4, 0.5) is 4.79 Å². The summed E-state index contributed by atoms with van der Waals surface area (Å²) in [6.07, 6.45) is 3.50. The number of unbranched alkanes of at least 4 members (excludes halogenated alkanes) is 1. The number of nitrogens with one attached hydrogen (secondary N) is 1. The number of hydrogen-bond donors (Lipinski definition) is 1. The zero-order valence-corrected chi connectivity index (χ0v) is 29.0. The second-order valence-electron chi connectivity index (χ2n) is 13.5. The first-order chi connectivity index (χ1) is 23.1. The van der Waals surface area contributed by atoms with Gasteiger partial charge in [-0.15, -0.1) is 0 Å². The third-order valence-corrected chi connectivity index (χ3v) is 8.46. The van der Waals surface area contributed by atoms with Gasteiger partial charge >= 0.3 is 6.09 Å². The summed E-state index contributed by atoms with van der Waals surface area (Å²) in [6, 6.07) is 22.6. The first kappa shape index (κ1) is 34.7. The molecule has 0 saturated carbocycles. The van der Waals surface area contributed by atoms with Crippen molar-refractivity contribution in [1.82, 2.24) is 24.3 Å². The number of imidazole rings is 1. The summed E-state index contributed by atoms with van der Waals surface area (Å²) in [5.74, 6) is 0.810. The van der Waals surface area contributed by atoms with Gasteiger partial charge in [-0.25, -0.2) is 9.79 Å². The normalized spacial score (nSPS) is 14.6. The van der Waals surface area contributed by atoms with Crippen molar-refractivity contribution in [1.29, 1.82) is 5.26 Å². The quantitative estimate of drug-likeness (QED) is 0.183. The lowest BCUT2D eigenvalue weighted by Crippen LogP contribution is -2.42. The third kappa shape index (κ3) is 9.26. The molecule has 1 aliphatic rings. The summed E-state index contributed by atoms with van der Waals surface area (Å²) >= 11 is 0. The molecule has 0 unspecified atom stereocenters. The minimum absolute atomic E-state index is 0.140. The number of carbonyl (C=O) groups excluding carboxylic acids is 1. The zero-order chi connectivity index (χ0) is 34.1. The largest absolute Gasteiger partial charge is 0.492 e. The van der Waals surface area contributed by atoms with Gasteiger partial charge in [-0.1, -0.05) is 37.6 Å². The van der Waals surface area contributed by atoms with Crippen LogP contribution in [0.5, 0.6) is 5.75 Å². The fourth-order valence-electron chi connectivity index (χ4n) is 5.98. The molecule has 1 saturated heterocycles. The highest BCUT2D eigenvalue weighted by Crippen LogP contribution is 2.23. The fourth-order valence-corrected chi connectivity index (χ4v) is 5.98. The van der Waals surface area contributed by atoms with E-state index in [-0.39, 0.29) is 12.1 Å². The highest BCUT2D eigenvalue weighted by Gasteiger charge is 2.22. The number of nitriles is 1. The minimum Gasteiger partial charge on any atom is -0.492 e. The van der Waals surface area contributed by atoms with Crippen molar-refractivity contribution in [3.8, 4) is 11.8 Å². The standard InChI is InChI=1S/C38H49N7O3/c1-6-7-24-47-35-17-12-28(2)41-32(35)27-45-34-11-9-8-10-33(34)44(26-30-15-13-29(25-39)14-16-30)36(45)42-31-18-21-43(22-19-31)23-20-40-37(46)48-38(3,4)5/h8-17,31H,6-7,18-24,26-27H2,1-5H3,(H,40,46)/b42-36+. The molecule has 2 aromatic heterocycles. The van der Waals surface area contributed by atoms with E-state index in [0.29, 0.717) is 31.8 Å². The van der Waals surface area contributed by atoms with E-state index in [1.165, 1.54) is 0 Å². The molecule has 1 amide bonds. The van der Waals surface area contributed by atoms with Crippen molar-refractivity contribution in [2.75, 3.05) is 32.8 Å². The van der Waals surface area contributed by atoms with Crippen LogP contribution in [0.25, 0.3) is 11.0 Å². The molecule has 10 nitrogen and oxygen atoms in total. The van der Waals surface area contributed by atoms with E-state index in [4.69, 9.17) is 19.5 Å². The molecule has 0 atom stereocenters. The SMILES string of the molecule is CCCCOc1ccc(C)nc1Cn1/c(=N/C2CCN(CCNC(=O)OC(C)(C)C)CC2)n(Cc2ccc(C#N)cc2)c2ccccc21. The van der Waals surface area contributed by atoms with E-state index < -0.39 is 5.60 Å². The van der Waals surface area contributed by atoms with Crippen LogP contribution in [-0.4, -0.2) is 69.5 Å². The Morgan fingerprint density at radius 3 is 2.35 bits per heavy atom. The summed E-state index contributed by atoms with van der Waals surface area (Å²) in [7, 11) is 0. The monoisotopic (exact) mass is 651 g/mol. The van der Waals surface area contributed by atoms with Crippen LogP contribution >= 0.6 is 0 Å². The van der Waals surface area contributed by atoms with Crippen LogP contribution in [-0.2, 0) is 17.8 Å². The van der Waals surface area contributed by atoms with Gasteiger partial charge in [-0.05, 0) is 88.9 Å². The van der Waals surface area contributed by atoms with Crippen molar-refractivity contribution in [2.24, 2.45) is 4.99 Å². The highest BCUT2D eigenvalue weighted by atomic mass is 16.6. The van der Waals surface area contributed by atoms with Crippen molar-refractivity contribution in [3.05, 3.63) is 88.8 Å². The molecule has 3 heterocycles. The van der Waals surface area contributed by atoms with Gasteiger partial charge < -0.3 is 28.8 Å². The van der Waals surface area contributed by atoms with Crippen LogP contribution in [0.1, 0.15) is 75.9 Å². The Balaban J connectivity index is 1.45. The van der Waals surface area contributed by atoms with Gasteiger partial charge in [0.2, 0.25) is 5.62 Å². The average molecular weight is 652 g/mol. The maximum absolute atomic E-state index is 12.1. The zero-order valence-electron chi connectivity index (χ0n) is 29.0. The molecular weight excluding hydrogens is 602 g/mol. The molecule has 0 spiro atoms. The Kier molecular flexibility index (Phi) is 11.6. The number of fused-ring (bicyclic) bond motifs is 1. The van der Waals surface area contributed by atoms with Crippen LogP contribution < -0.4 is 15.7 Å². The first-order valence-electron chi connectivity index (χ1n) is 17.1. The number of piperidine rings is 1. The number of amides is 1. The second kappa shape index (κ2) is 16.0. The summed E-state index contributed by atoms with van der Waals surface area (Å²) in [4.78, 5) is 24.9. The van der Waals surface area contributed by atoms with Crippen LogP contribution in [0, 0.1) is 18.3 Å². The van der Waals surface area contributed by atoms with Gasteiger partial charge in [0.25, 0.3) is 0 Å². The lowest BCUT2D eigenvalue weighted by molar-refractivity contribution is 0.0520. The number of ether oxygens (including phenoxy) is 2. The molecule has 48 heavy (non-hydrogen) atoms.